The van der Waals surface area contributed by atoms with E-state index < -0.39 is 5.97 Å². The molecule has 2 N–H and O–H groups in total. The SMILES string of the molecule is C=C(C)c1nc(N2C[C@@H](C)O[C@@H](/C(C=NC)=C/N)C2)nc(C(=O)OCC)c1C=O. The van der Waals surface area contributed by atoms with Crippen LogP contribution in [0.25, 0.3) is 5.57 Å². The number of rotatable bonds is 7. The predicted octanol–water partition coefficient (Wildman–Crippen LogP) is 1.64. The van der Waals surface area contributed by atoms with Crippen LogP contribution >= 0.6 is 0 Å². The third-order valence-electron chi connectivity index (χ3n) is 4.31. The van der Waals surface area contributed by atoms with Crippen LogP contribution < -0.4 is 10.6 Å². The lowest BCUT2D eigenvalue weighted by molar-refractivity contribution is 0.00662. The van der Waals surface area contributed by atoms with E-state index in [0.717, 1.165) is 5.57 Å². The number of morpholine rings is 1. The van der Waals surface area contributed by atoms with E-state index >= 15 is 0 Å². The van der Waals surface area contributed by atoms with Crippen LogP contribution in [0.15, 0.2) is 23.3 Å². The number of carbonyl (C=O) groups excluding carboxylic acids is 2. The number of nitrogens with two attached hydrogens (primary N) is 1. The van der Waals surface area contributed by atoms with Gasteiger partial charge in [0, 0.05) is 31.6 Å². The second-order valence-corrected chi connectivity index (χ2v) is 6.65. The second-order valence-electron chi connectivity index (χ2n) is 6.65. The molecule has 9 heteroatoms. The van der Waals surface area contributed by atoms with Crippen molar-refractivity contribution in [2.45, 2.75) is 33.0 Å². The molecule has 156 valence electrons. The van der Waals surface area contributed by atoms with Crippen LogP contribution in [0.2, 0.25) is 0 Å². The molecule has 0 saturated carbocycles. The summed E-state index contributed by atoms with van der Waals surface area (Å²) in [6, 6.07) is 0. The Hall–Kier alpha value is -3.07. The summed E-state index contributed by atoms with van der Waals surface area (Å²) in [5.41, 5.74) is 7.29. The highest BCUT2D eigenvalue weighted by Gasteiger charge is 2.31. The van der Waals surface area contributed by atoms with E-state index in [1.54, 1.807) is 27.1 Å². The third-order valence-corrected chi connectivity index (χ3v) is 4.31. The summed E-state index contributed by atoms with van der Waals surface area (Å²) in [5, 5.41) is 0. The summed E-state index contributed by atoms with van der Waals surface area (Å²) in [5.74, 6) is -0.388. The van der Waals surface area contributed by atoms with E-state index in [-0.39, 0.29) is 30.1 Å². The summed E-state index contributed by atoms with van der Waals surface area (Å²) in [6.07, 6.45) is 3.15. The lowest BCUT2D eigenvalue weighted by Crippen LogP contribution is -2.48. The zero-order valence-corrected chi connectivity index (χ0v) is 17.2. The monoisotopic (exact) mass is 401 g/mol. The van der Waals surface area contributed by atoms with Crippen molar-refractivity contribution in [3.63, 3.8) is 0 Å². The number of aldehydes is 1. The van der Waals surface area contributed by atoms with E-state index in [2.05, 4.69) is 21.5 Å². The smallest absolute Gasteiger partial charge is 0.357 e. The van der Waals surface area contributed by atoms with E-state index in [9.17, 15) is 9.59 Å². The first-order chi connectivity index (χ1) is 13.9. The van der Waals surface area contributed by atoms with Gasteiger partial charge < -0.3 is 20.1 Å². The topological polar surface area (TPSA) is 120 Å². The van der Waals surface area contributed by atoms with Gasteiger partial charge in [0.05, 0.1) is 30.5 Å². The standard InChI is InChI=1S/C20H27N5O4/c1-6-28-19(27)18-15(11-26)17(12(2)3)23-20(24-18)25-9-13(4)29-16(10-25)14(7-21)8-22-5/h7-8,11,13,16H,2,6,9-10,21H2,1,3-5H3/b14-7+,22-8?/t13-,16-/m1/s1. The number of aliphatic imine (C=N–C) groups is 1. The molecule has 1 fully saturated rings. The molecule has 0 aliphatic carbocycles. The Morgan fingerprint density at radius 3 is 2.66 bits per heavy atom. The quantitative estimate of drug-likeness (QED) is 0.416. The van der Waals surface area contributed by atoms with Crippen molar-refractivity contribution in [2.75, 3.05) is 31.6 Å². The molecule has 0 amide bonds. The Morgan fingerprint density at radius 1 is 1.41 bits per heavy atom. The van der Waals surface area contributed by atoms with Gasteiger partial charge in [-0.2, -0.15) is 0 Å². The van der Waals surface area contributed by atoms with Gasteiger partial charge in [-0.1, -0.05) is 6.58 Å². The molecular formula is C20H27N5O4. The summed E-state index contributed by atoms with van der Waals surface area (Å²) < 4.78 is 11.1. The minimum Gasteiger partial charge on any atom is -0.461 e. The number of ether oxygens (including phenoxy) is 2. The van der Waals surface area contributed by atoms with Gasteiger partial charge in [-0.3, -0.25) is 9.79 Å². The molecule has 0 radical (unpaired) electrons. The van der Waals surface area contributed by atoms with Crippen LogP contribution in [0.1, 0.15) is 47.3 Å². The fourth-order valence-corrected chi connectivity index (χ4v) is 3.07. The van der Waals surface area contributed by atoms with Crippen LogP contribution in [0.5, 0.6) is 0 Å². The first-order valence-corrected chi connectivity index (χ1v) is 9.30. The number of nitrogens with zero attached hydrogens (tertiary/aromatic N) is 4. The van der Waals surface area contributed by atoms with E-state index in [1.165, 1.54) is 6.20 Å². The third kappa shape index (κ3) is 5.05. The normalized spacial score (nSPS) is 20.0. The fraction of sp³-hybridized carbons (Fsp3) is 0.450. The van der Waals surface area contributed by atoms with E-state index in [0.29, 0.717) is 36.6 Å². The highest BCUT2D eigenvalue weighted by molar-refractivity contribution is 5.99. The van der Waals surface area contributed by atoms with Gasteiger partial charge in [-0.05, 0) is 26.3 Å². The predicted molar refractivity (Wildman–Crippen MR) is 111 cm³/mol. The van der Waals surface area contributed by atoms with Crippen molar-refractivity contribution in [3.8, 4) is 0 Å². The Labute approximate surface area is 170 Å². The molecule has 29 heavy (non-hydrogen) atoms. The van der Waals surface area contributed by atoms with Crippen molar-refractivity contribution in [2.24, 2.45) is 10.7 Å². The molecule has 0 unspecified atom stereocenters. The number of esters is 1. The number of hydrogen-bond donors (Lipinski definition) is 1. The van der Waals surface area contributed by atoms with Crippen molar-refractivity contribution in [1.82, 2.24) is 9.97 Å². The van der Waals surface area contributed by atoms with Gasteiger partial charge in [0.2, 0.25) is 5.95 Å². The molecule has 0 spiro atoms. The molecule has 2 rings (SSSR count). The average molecular weight is 401 g/mol. The summed E-state index contributed by atoms with van der Waals surface area (Å²) in [4.78, 5) is 38.8. The Morgan fingerprint density at radius 2 is 2.10 bits per heavy atom. The molecule has 1 aliphatic heterocycles. The molecule has 2 heterocycles. The number of hydrogen-bond acceptors (Lipinski definition) is 9. The van der Waals surface area contributed by atoms with E-state index in [4.69, 9.17) is 15.2 Å². The van der Waals surface area contributed by atoms with Gasteiger partial charge >= 0.3 is 5.97 Å². The van der Waals surface area contributed by atoms with Crippen molar-refractivity contribution in [3.05, 3.63) is 35.3 Å². The highest BCUT2D eigenvalue weighted by Crippen LogP contribution is 2.25. The van der Waals surface area contributed by atoms with Gasteiger partial charge in [-0.15, -0.1) is 0 Å². The fourth-order valence-electron chi connectivity index (χ4n) is 3.07. The first kappa shape index (κ1) is 22.2. The highest BCUT2D eigenvalue weighted by atomic mass is 16.5. The van der Waals surface area contributed by atoms with Crippen molar-refractivity contribution in [1.29, 1.82) is 0 Å². The van der Waals surface area contributed by atoms with E-state index in [1.807, 2.05) is 11.8 Å². The summed E-state index contributed by atoms with van der Waals surface area (Å²) in [7, 11) is 1.65. The molecule has 1 aromatic rings. The van der Waals surface area contributed by atoms with Gasteiger partial charge in [0.15, 0.2) is 12.0 Å². The molecule has 2 atom stereocenters. The molecule has 0 bridgehead atoms. The van der Waals surface area contributed by atoms with Crippen LogP contribution in [-0.2, 0) is 9.47 Å². The van der Waals surface area contributed by atoms with Gasteiger partial charge in [-0.25, -0.2) is 14.8 Å². The average Bonchev–Trinajstić information content (AvgIpc) is 2.70. The molecule has 1 saturated heterocycles. The number of allylic oxidation sites excluding steroid dienone is 1. The number of aromatic nitrogens is 2. The summed E-state index contributed by atoms with van der Waals surface area (Å²) >= 11 is 0. The number of anilines is 1. The maximum absolute atomic E-state index is 12.4. The first-order valence-electron chi connectivity index (χ1n) is 9.30. The van der Waals surface area contributed by atoms with Crippen molar-refractivity contribution >= 4 is 30.0 Å². The van der Waals surface area contributed by atoms with Gasteiger partial charge in [0.25, 0.3) is 0 Å². The molecule has 1 aromatic heterocycles. The Balaban J connectivity index is 2.53. The largest absolute Gasteiger partial charge is 0.461 e. The summed E-state index contributed by atoms with van der Waals surface area (Å²) in [6.45, 7) is 10.3. The Kier molecular flexibility index (Phi) is 7.60. The van der Waals surface area contributed by atoms with Crippen LogP contribution in [0.3, 0.4) is 0 Å². The van der Waals surface area contributed by atoms with Crippen molar-refractivity contribution < 1.29 is 19.1 Å². The maximum atomic E-state index is 12.4. The van der Waals surface area contributed by atoms with Crippen LogP contribution in [0, 0.1) is 0 Å². The molecular weight excluding hydrogens is 374 g/mol. The van der Waals surface area contributed by atoms with Crippen LogP contribution in [0.4, 0.5) is 5.95 Å². The lowest BCUT2D eigenvalue weighted by atomic mass is 10.1. The lowest BCUT2D eigenvalue weighted by Gasteiger charge is -2.37. The van der Waals surface area contributed by atoms with Crippen LogP contribution in [-0.4, -0.2) is 67.4 Å². The molecule has 1 aliphatic rings. The zero-order valence-electron chi connectivity index (χ0n) is 17.2. The maximum Gasteiger partial charge on any atom is 0.357 e. The minimum atomic E-state index is -0.681. The minimum absolute atomic E-state index is 0.0678. The Bertz CT molecular complexity index is 850. The zero-order chi connectivity index (χ0) is 21.6. The molecule has 0 aromatic carbocycles. The number of carbonyl (C=O) groups is 2. The van der Waals surface area contributed by atoms with Gasteiger partial charge in [0.1, 0.15) is 6.10 Å². The molecule has 9 nitrogen and oxygen atoms in total. The second kappa shape index (κ2) is 9.92.